The third-order valence-corrected chi connectivity index (χ3v) is 5.64. The van der Waals surface area contributed by atoms with Gasteiger partial charge in [0.1, 0.15) is 0 Å². The normalized spacial score (nSPS) is 20.8. The van der Waals surface area contributed by atoms with Crippen LogP contribution in [0.1, 0.15) is 24.8 Å². The van der Waals surface area contributed by atoms with Gasteiger partial charge in [-0.25, -0.2) is 0 Å². The number of anilines is 1. The highest BCUT2D eigenvalue weighted by Crippen LogP contribution is 2.34. The molecule has 3 aliphatic rings. The Morgan fingerprint density at radius 3 is 2.33 bits per heavy atom. The van der Waals surface area contributed by atoms with Crippen molar-refractivity contribution in [2.45, 2.75) is 31.2 Å². The Labute approximate surface area is 172 Å². The number of rotatable bonds is 3. The maximum atomic E-state index is 12.8. The average Bonchev–Trinajstić information content (AvgIpc) is 3.40. The summed E-state index contributed by atoms with van der Waals surface area (Å²) in [6.45, 7) is 4.03. The van der Waals surface area contributed by atoms with Crippen LogP contribution in [0, 0.1) is 0 Å². The first-order valence-electron chi connectivity index (χ1n) is 9.26. The Bertz CT molecular complexity index is 688. The fraction of sp³-hybridized carbons (Fsp3) is 0.579. The van der Waals surface area contributed by atoms with E-state index in [1.54, 1.807) is 0 Å². The quantitative estimate of drug-likeness (QED) is 0.812. The lowest BCUT2D eigenvalue weighted by atomic mass is 10.0. The molecular weight excluding hydrogens is 387 g/mol. The standard InChI is InChI=1S/C19H26N4O2.2ClH/c20-19(7-8-19)18(25)22-12-10-21(11-13-22)14-17(24)23-9-3-5-15-4-1-2-6-16(15)23;;/h1-2,4,6H,3,5,7-14,20H2;2*1H. The molecule has 4 rings (SSSR count). The predicted molar refractivity (Wildman–Crippen MR) is 111 cm³/mol. The van der Waals surface area contributed by atoms with E-state index in [9.17, 15) is 9.59 Å². The number of halogens is 2. The van der Waals surface area contributed by atoms with E-state index in [0.717, 1.165) is 51.0 Å². The molecule has 2 heterocycles. The molecular formula is C19H28Cl2N4O2. The number of aryl methyl sites for hydroxylation is 1. The van der Waals surface area contributed by atoms with Gasteiger partial charge in [0.05, 0.1) is 12.1 Å². The van der Waals surface area contributed by atoms with Crippen LogP contribution in [0.2, 0.25) is 0 Å². The molecule has 6 nitrogen and oxygen atoms in total. The molecule has 0 bridgehead atoms. The molecule has 2 fully saturated rings. The minimum atomic E-state index is -0.588. The summed E-state index contributed by atoms with van der Waals surface area (Å²) in [5, 5.41) is 0. The molecule has 0 unspecified atom stereocenters. The number of carbonyl (C=O) groups excluding carboxylic acids is 2. The molecule has 0 aromatic heterocycles. The number of piperazine rings is 1. The van der Waals surface area contributed by atoms with Crippen molar-refractivity contribution in [3.63, 3.8) is 0 Å². The molecule has 0 radical (unpaired) electrons. The minimum Gasteiger partial charge on any atom is -0.339 e. The van der Waals surface area contributed by atoms with Crippen molar-refractivity contribution in [2.75, 3.05) is 44.2 Å². The lowest BCUT2D eigenvalue weighted by Gasteiger charge is -2.37. The Morgan fingerprint density at radius 1 is 1.00 bits per heavy atom. The molecule has 1 saturated carbocycles. The predicted octanol–water partition coefficient (Wildman–Crippen LogP) is 1.44. The fourth-order valence-corrected chi connectivity index (χ4v) is 3.84. The third kappa shape index (κ3) is 4.57. The van der Waals surface area contributed by atoms with Gasteiger partial charge in [-0.3, -0.25) is 14.5 Å². The van der Waals surface area contributed by atoms with E-state index in [4.69, 9.17) is 5.73 Å². The lowest BCUT2D eigenvalue weighted by molar-refractivity contribution is -0.135. The van der Waals surface area contributed by atoms with E-state index in [0.29, 0.717) is 19.6 Å². The Morgan fingerprint density at radius 2 is 1.67 bits per heavy atom. The van der Waals surface area contributed by atoms with Crippen molar-refractivity contribution in [2.24, 2.45) is 5.73 Å². The second-order valence-electron chi connectivity index (χ2n) is 7.50. The number of fused-ring (bicyclic) bond motifs is 1. The smallest absolute Gasteiger partial charge is 0.242 e. The maximum absolute atomic E-state index is 12.8. The Balaban J connectivity index is 0.00000131. The summed E-state index contributed by atoms with van der Waals surface area (Å²) in [4.78, 5) is 31.0. The van der Waals surface area contributed by atoms with Crippen molar-refractivity contribution in [1.82, 2.24) is 9.80 Å². The second-order valence-corrected chi connectivity index (χ2v) is 7.50. The summed E-state index contributed by atoms with van der Waals surface area (Å²) in [5.74, 6) is 0.243. The van der Waals surface area contributed by atoms with Crippen LogP contribution in [-0.2, 0) is 16.0 Å². The summed E-state index contributed by atoms with van der Waals surface area (Å²) in [6.07, 6.45) is 3.67. The summed E-state index contributed by atoms with van der Waals surface area (Å²) in [6, 6.07) is 8.18. The Kier molecular flexibility index (Phi) is 7.14. The van der Waals surface area contributed by atoms with Gasteiger partial charge in [-0.05, 0) is 37.3 Å². The van der Waals surface area contributed by atoms with Crippen molar-refractivity contribution in [3.8, 4) is 0 Å². The third-order valence-electron chi connectivity index (χ3n) is 5.64. The highest BCUT2D eigenvalue weighted by atomic mass is 35.5. The van der Waals surface area contributed by atoms with Crippen molar-refractivity contribution in [3.05, 3.63) is 29.8 Å². The number of para-hydroxylation sites is 1. The first-order valence-corrected chi connectivity index (χ1v) is 9.26. The monoisotopic (exact) mass is 414 g/mol. The SMILES string of the molecule is Cl.Cl.NC1(C(=O)N2CCN(CC(=O)N3CCCc4ccccc43)CC2)CC1. The number of nitrogens with two attached hydrogens (primary N) is 1. The molecule has 0 atom stereocenters. The van der Waals surface area contributed by atoms with Gasteiger partial charge < -0.3 is 15.5 Å². The zero-order valence-corrected chi connectivity index (χ0v) is 17.1. The van der Waals surface area contributed by atoms with E-state index in [1.165, 1.54) is 5.56 Å². The molecule has 1 saturated heterocycles. The minimum absolute atomic E-state index is 0. The lowest BCUT2D eigenvalue weighted by Crippen LogP contribution is -2.55. The molecule has 8 heteroatoms. The molecule has 2 amide bonds. The highest BCUT2D eigenvalue weighted by Gasteiger charge is 2.48. The molecule has 0 spiro atoms. The molecule has 1 aromatic rings. The summed E-state index contributed by atoms with van der Waals surface area (Å²) in [5.41, 5.74) is 7.75. The molecule has 2 aliphatic heterocycles. The number of amides is 2. The van der Waals surface area contributed by atoms with Crippen LogP contribution < -0.4 is 10.6 Å². The van der Waals surface area contributed by atoms with Crippen LogP contribution in [0.5, 0.6) is 0 Å². The summed E-state index contributed by atoms with van der Waals surface area (Å²) >= 11 is 0. The van der Waals surface area contributed by atoms with Gasteiger partial charge in [0.25, 0.3) is 0 Å². The number of carbonyl (C=O) groups is 2. The Hall–Kier alpha value is -1.34. The second kappa shape index (κ2) is 8.78. The van der Waals surface area contributed by atoms with Gasteiger partial charge in [-0.15, -0.1) is 24.8 Å². The van der Waals surface area contributed by atoms with E-state index < -0.39 is 5.54 Å². The van der Waals surface area contributed by atoms with E-state index in [2.05, 4.69) is 11.0 Å². The molecule has 1 aromatic carbocycles. The van der Waals surface area contributed by atoms with Gasteiger partial charge in [0, 0.05) is 38.4 Å². The van der Waals surface area contributed by atoms with E-state index >= 15 is 0 Å². The van der Waals surface area contributed by atoms with Crippen LogP contribution in [0.15, 0.2) is 24.3 Å². The van der Waals surface area contributed by atoms with Crippen LogP contribution >= 0.6 is 24.8 Å². The van der Waals surface area contributed by atoms with Crippen molar-refractivity contribution >= 4 is 42.3 Å². The van der Waals surface area contributed by atoms with E-state index in [-0.39, 0.29) is 36.6 Å². The largest absolute Gasteiger partial charge is 0.339 e. The fourth-order valence-electron chi connectivity index (χ4n) is 3.84. The van der Waals surface area contributed by atoms with Crippen LogP contribution in [0.3, 0.4) is 0 Å². The first kappa shape index (κ1) is 22.0. The summed E-state index contributed by atoms with van der Waals surface area (Å²) in [7, 11) is 0. The first-order chi connectivity index (χ1) is 12.1. The van der Waals surface area contributed by atoms with Crippen LogP contribution in [-0.4, -0.2) is 66.4 Å². The van der Waals surface area contributed by atoms with Crippen LogP contribution in [0.25, 0.3) is 0 Å². The molecule has 150 valence electrons. The van der Waals surface area contributed by atoms with Gasteiger partial charge in [0.2, 0.25) is 11.8 Å². The van der Waals surface area contributed by atoms with Gasteiger partial charge in [-0.2, -0.15) is 0 Å². The van der Waals surface area contributed by atoms with E-state index in [1.807, 2.05) is 28.0 Å². The van der Waals surface area contributed by atoms with Crippen molar-refractivity contribution in [1.29, 1.82) is 0 Å². The number of hydrogen-bond donors (Lipinski definition) is 1. The number of nitrogens with zero attached hydrogens (tertiary/aromatic N) is 3. The van der Waals surface area contributed by atoms with Gasteiger partial charge in [0.15, 0.2) is 0 Å². The van der Waals surface area contributed by atoms with Crippen LogP contribution in [0.4, 0.5) is 5.69 Å². The maximum Gasteiger partial charge on any atom is 0.242 e. The summed E-state index contributed by atoms with van der Waals surface area (Å²) < 4.78 is 0. The number of benzene rings is 1. The topological polar surface area (TPSA) is 69.9 Å². The molecule has 1 aliphatic carbocycles. The zero-order chi connectivity index (χ0) is 17.4. The van der Waals surface area contributed by atoms with Gasteiger partial charge in [-0.1, -0.05) is 18.2 Å². The molecule has 27 heavy (non-hydrogen) atoms. The zero-order valence-electron chi connectivity index (χ0n) is 15.4. The molecule has 2 N–H and O–H groups in total. The average molecular weight is 415 g/mol. The highest BCUT2D eigenvalue weighted by molar-refractivity contribution is 5.96. The van der Waals surface area contributed by atoms with Crippen molar-refractivity contribution < 1.29 is 9.59 Å². The number of hydrogen-bond acceptors (Lipinski definition) is 4. The van der Waals surface area contributed by atoms with Gasteiger partial charge >= 0.3 is 0 Å².